The third-order valence-electron chi connectivity index (χ3n) is 2.41. The molecular formula is C13H10Br2N2O. The Kier molecular flexibility index (Phi) is 4.14. The standard InChI is InChI=1S/C13H10Br2N2O/c1-8-2-3-9(14)6-11(8)13(18)17-12-5-4-10(15)7-16-12/h2-7H,1H3,(H,16,17,18). The first-order valence-electron chi connectivity index (χ1n) is 5.25. The number of amides is 1. The van der Waals surface area contributed by atoms with Crippen LogP contribution < -0.4 is 5.32 Å². The monoisotopic (exact) mass is 368 g/mol. The molecule has 0 aliphatic carbocycles. The second-order valence-corrected chi connectivity index (χ2v) is 5.61. The molecule has 0 radical (unpaired) electrons. The van der Waals surface area contributed by atoms with Crippen LogP contribution >= 0.6 is 31.9 Å². The van der Waals surface area contributed by atoms with Crippen LogP contribution in [0.2, 0.25) is 0 Å². The Labute approximate surface area is 122 Å². The van der Waals surface area contributed by atoms with Gasteiger partial charge in [-0.1, -0.05) is 22.0 Å². The normalized spacial score (nSPS) is 10.2. The summed E-state index contributed by atoms with van der Waals surface area (Å²) in [7, 11) is 0. The van der Waals surface area contributed by atoms with E-state index in [0.29, 0.717) is 11.4 Å². The summed E-state index contributed by atoms with van der Waals surface area (Å²) < 4.78 is 1.75. The number of hydrogen-bond donors (Lipinski definition) is 1. The molecule has 1 heterocycles. The van der Waals surface area contributed by atoms with Crippen molar-refractivity contribution in [1.29, 1.82) is 0 Å². The van der Waals surface area contributed by atoms with Crippen molar-refractivity contribution in [2.75, 3.05) is 5.32 Å². The number of pyridine rings is 1. The van der Waals surface area contributed by atoms with E-state index >= 15 is 0 Å². The van der Waals surface area contributed by atoms with Crippen LogP contribution in [0.5, 0.6) is 0 Å². The molecule has 3 nitrogen and oxygen atoms in total. The lowest BCUT2D eigenvalue weighted by Gasteiger charge is -2.07. The highest BCUT2D eigenvalue weighted by atomic mass is 79.9. The molecule has 0 bridgehead atoms. The average molecular weight is 370 g/mol. The van der Waals surface area contributed by atoms with Crippen molar-refractivity contribution in [2.24, 2.45) is 0 Å². The van der Waals surface area contributed by atoms with E-state index in [0.717, 1.165) is 14.5 Å². The largest absolute Gasteiger partial charge is 0.307 e. The van der Waals surface area contributed by atoms with Gasteiger partial charge in [-0.2, -0.15) is 0 Å². The quantitative estimate of drug-likeness (QED) is 0.863. The van der Waals surface area contributed by atoms with Crippen molar-refractivity contribution >= 4 is 43.6 Å². The van der Waals surface area contributed by atoms with Crippen molar-refractivity contribution in [1.82, 2.24) is 4.98 Å². The zero-order valence-electron chi connectivity index (χ0n) is 9.58. The molecule has 2 aromatic rings. The van der Waals surface area contributed by atoms with Gasteiger partial charge in [0, 0.05) is 20.7 Å². The van der Waals surface area contributed by atoms with Crippen molar-refractivity contribution < 1.29 is 4.79 Å². The fraction of sp³-hybridized carbons (Fsp3) is 0.0769. The zero-order chi connectivity index (χ0) is 13.1. The highest BCUT2D eigenvalue weighted by Gasteiger charge is 2.10. The Morgan fingerprint density at radius 3 is 2.56 bits per heavy atom. The summed E-state index contributed by atoms with van der Waals surface area (Å²) >= 11 is 6.65. The number of anilines is 1. The third-order valence-corrected chi connectivity index (χ3v) is 3.38. The summed E-state index contributed by atoms with van der Waals surface area (Å²) in [6, 6.07) is 9.17. The molecule has 5 heteroatoms. The van der Waals surface area contributed by atoms with Gasteiger partial charge in [0.05, 0.1) is 0 Å². The first-order valence-corrected chi connectivity index (χ1v) is 6.84. The van der Waals surface area contributed by atoms with E-state index < -0.39 is 0 Å². The highest BCUT2D eigenvalue weighted by molar-refractivity contribution is 9.10. The Morgan fingerprint density at radius 1 is 1.17 bits per heavy atom. The molecule has 1 aromatic carbocycles. The van der Waals surface area contributed by atoms with Gasteiger partial charge >= 0.3 is 0 Å². The molecule has 92 valence electrons. The van der Waals surface area contributed by atoms with Gasteiger partial charge in [-0.25, -0.2) is 4.98 Å². The van der Waals surface area contributed by atoms with Gasteiger partial charge in [0.1, 0.15) is 5.82 Å². The predicted octanol–water partition coefficient (Wildman–Crippen LogP) is 4.17. The summed E-state index contributed by atoms with van der Waals surface area (Å²) in [5, 5.41) is 2.76. The number of nitrogens with zero attached hydrogens (tertiary/aromatic N) is 1. The van der Waals surface area contributed by atoms with Gasteiger partial charge in [-0.05, 0) is 52.7 Å². The number of carbonyl (C=O) groups excluding carboxylic acids is 1. The molecule has 18 heavy (non-hydrogen) atoms. The molecule has 0 aliphatic heterocycles. The lowest BCUT2D eigenvalue weighted by Crippen LogP contribution is -2.14. The summed E-state index contributed by atoms with van der Waals surface area (Å²) in [4.78, 5) is 16.2. The maximum absolute atomic E-state index is 12.1. The molecule has 1 aromatic heterocycles. The molecule has 0 fully saturated rings. The van der Waals surface area contributed by atoms with Crippen LogP contribution in [0.15, 0.2) is 45.5 Å². The maximum atomic E-state index is 12.1. The van der Waals surface area contributed by atoms with Crippen LogP contribution in [-0.4, -0.2) is 10.9 Å². The number of halogens is 2. The van der Waals surface area contributed by atoms with E-state index in [1.807, 2.05) is 25.1 Å². The second-order valence-electron chi connectivity index (χ2n) is 3.78. The highest BCUT2D eigenvalue weighted by Crippen LogP contribution is 2.17. The number of hydrogen-bond acceptors (Lipinski definition) is 2. The number of aryl methyl sites for hydroxylation is 1. The minimum absolute atomic E-state index is 0.163. The number of rotatable bonds is 2. The molecule has 0 aliphatic rings. The SMILES string of the molecule is Cc1ccc(Br)cc1C(=O)Nc1ccc(Br)cn1. The summed E-state index contributed by atoms with van der Waals surface area (Å²) in [5.74, 6) is 0.367. The molecule has 0 spiro atoms. The number of nitrogens with one attached hydrogen (secondary N) is 1. The number of carbonyl (C=O) groups is 1. The Morgan fingerprint density at radius 2 is 1.89 bits per heavy atom. The topological polar surface area (TPSA) is 42.0 Å². The smallest absolute Gasteiger partial charge is 0.257 e. The van der Waals surface area contributed by atoms with Crippen LogP contribution in [-0.2, 0) is 0 Å². The average Bonchev–Trinajstić information content (AvgIpc) is 2.35. The third kappa shape index (κ3) is 3.17. The Balaban J connectivity index is 2.21. The Bertz CT molecular complexity index is 582. The van der Waals surface area contributed by atoms with E-state index in [-0.39, 0.29) is 5.91 Å². The van der Waals surface area contributed by atoms with Crippen molar-refractivity contribution in [2.45, 2.75) is 6.92 Å². The summed E-state index contributed by atoms with van der Waals surface area (Å²) in [6.45, 7) is 1.90. The van der Waals surface area contributed by atoms with Gasteiger partial charge in [0.25, 0.3) is 5.91 Å². The zero-order valence-corrected chi connectivity index (χ0v) is 12.7. The molecule has 0 atom stereocenters. The van der Waals surface area contributed by atoms with Crippen molar-refractivity contribution in [3.63, 3.8) is 0 Å². The molecule has 1 N–H and O–H groups in total. The predicted molar refractivity (Wildman–Crippen MR) is 78.8 cm³/mol. The van der Waals surface area contributed by atoms with Gasteiger partial charge < -0.3 is 5.32 Å². The molecule has 0 unspecified atom stereocenters. The van der Waals surface area contributed by atoms with Gasteiger partial charge in [-0.15, -0.1) is 0 Å². The lowest BCUT2D eigenvalue weighted by molar-refractivity contribution is 0.102. The van der Waals surface area contributed by atoms with Crippen LogP contribution in [0.4, 0.5) is 5.82 Å². The lowest BCUT2D eigenvalue weighted by atomic mass is 10.1. The molecule has 1 amide bonds. The maximum Gasteiger partial charge on any atom is 0.257 e. The molecule has 0 saturated carbocycles. The van der Waals surface area contributed by atoms with E-state index in [2.05, 4.69) is 42.2 Å². The van der Waals surface area contributed by atoms with Crippen LogP contribution in [0.3, 0.4) is 0 Å². The molecular weight excluding hydrogens is 360 g/mol. The van der Waals surface area contributed by atoms with Crippen LogP contribution in [0, 0.1) is 6.92 Å². The van der Waals surface area contributed by atoms with E-state index in [1.165, 1.54) is 0 Å². The minimum Gasteiger partial charge on any atom is -0.307 e. The Hall–Kier alpha value is -1.20. The van der Waals surface area contributed by atoms with Crippen molar-refractivity contribution in [3.05, 3.63) is 56.6 Å². The van der Waals surface area contributed by atoms with E-state index in [1.54, 1.807) is 18.3 Å². The fourth-order valence-electron chi connectivity index (χ4n) is 1.47. The minimum atomic E-state index is -0.163. The molecule has 0 saturated heterocycles. The van der Waals surface area contributed by atoms with Gasteiger partial charge in [0.2, 0.25) is 0 Å². The van der Waals surface area contributed by atoms with Gasteiger partial charge in [-0.3, -0.25) is 4.79 Å². The molecule has 2 rings (SSSR count). The second kappa shape index (κ2) is 5.63. The van der Waals surface area contributed by atoms with Crippen molar-refractivity contribution in [3.8, 4) is 0 Å². The fourth-order valence-corrected chi connectivity index (χ4v) is 2.07. The number of benzene rings is 1. The van der Waals surface area contributed by atoms with E-state index in [9.17, 15) is 4.79 Å². The van der Waals surface area contributed by atoms with Gasteiger partial charge in [0.15, 0.2) is 0 Å². The van der Waals surface area contributed by atoms with Crippen LogP contribution in [0.25, 0.3) is 0 Å². The van der Waals surface area contributed by atoms with Crippen LogP contribution in [0.1, 0.15) is 15.9 Å². The summed E-state index contributed by atoms with van der Waals surface area (Å²) in [6.07, 6.45) is 1.64. The van der Waals surface area contributed by atoms with E-state index in [4.69, 9.17) is 0 Å². The number of aromatic nitrogens is 1. The first kappa shape index (κ1) is 13.2. The summed E-state index contributed by atoms with van der Waals surface area (Å²) in [5.41, 5.74) is 1.56. The first-order chi connectivity index (χ1) is 8.56.